The van der Waals surface area contributed by atoms with Crippen LogP contribution in [0.1, 0.15) is 42.0 Å². The minimum Gasteiger partial charge on any atom is -0.263 e. The van der Waals surface area contributed by atoms with Gasteiger partial charge in [-0.3, -0.25) is 4.98 Å². The Morgan fingerprint density at radius 2 is 1.84 bits per heavy atom. The molecule has 2 heteroatoms. The Morgan fingerprint density at radius 1 is 1.11 bits per heavy atom. The smallest absolute Gasteiger partial charge is 0.101 e. The van der Waals surface area contributed by atoms with Crippen LogP contribution >= 0.6 is 0 Å². The first-order chi connectivity index (χ1) is 9.20. The van der Waals surface area contributed by atoms with Crippen molar-refractivity contribution in [1.82, 2.24) is 4.98 Å². The Kier molecular flexibility index (Phi) is 4.10. The molecule has 0 bridgehead atoms. The van der Waals surface area contributed by atoms with E-state index in [0.717, 1.165) is 11.1 Å². The van der Waals surface area contributed by atoms with Crippen molar-refractivity contribution in [3.8, 4) is 6.07 Å². The first kappa shape index (κ1) is 13.0. The lowest BCUT2D eigenvalue weighted by Gasteiger charge is -2.04. The molecule has 0 aliphatic carbocycles. The lowest BCUT2D eigenvalue weighted by molar-refractivity contribution is 0.866. The summed E-state index contributed by atoms with van der Waals surface area (Å²) in [6.45, 7) is 4.36. The van der Waals surface area contributed by atoms with Gasteiger partial charge in [0.2, 0.25) is 0 Å². The molecule has 1 heterocycles. The fourth-order valence-corrected chi connectivity index (χ4v) is 1.82. The Morgan fingerprint density at radius 3 is 2.47 bits per heavy atom. The zero-order valence-corrected chi connectivity index (χ0v) is 11.2. The molecule has 1 aromatic carbocycles. The summed E-state index contributed by atoms with van der Waals surface area (Å²) < 4.78 is 0. The van der Waals surface area contributed by atoms with Gasteiger partial charge >= 0.3 is 0 Å². The molecule has 0 fully saturated rings. The Labute approximate surface area is 114 Å². The van der Waals surface area contributed by atoms with E-state index in [1.54, 1.807) is 12.4 Å². The average Bonchev–Trinajstić information content (AvgIpc) is 2.45. The number of rotatable bonds is 3. The lowest BCUT2D eigenvalue weighted by Crippen LogP contribution is -1.86. The highest BCUT2D eigenvalue weighted by Gasteiger charge is 1.98. The first-order valence-corrected chi connectivity index (χ1v) is 6.33. The quantitative estimate of drug-likeness (QED) is 0.814. The van der Waals surface area contributed by atoms with E-state index < -0.39 is 0 Å². The second-order valence-electron chi connectivity index (χ2n) is 4.73. The van der Waals surface area contributed by atoms with Crippen molar-refractivity contribution in [2.75, 3.05) is 0 Å². The van der Waals surface area contributed by atoms with Crippen molar-refractivity contribution in [3.05, 3.63) is 65.0 Å². The largest absolute Gasteiger partial charge is 0.263 e. The summed E-state index contributed by atoms with van der Waals surface area (Å²) in [6, 6.07) is 12.5. The molecule has 94 valence electrons. The zero-order chi connectivity index (χ0) is 13.7. The van der Waals surface area contributed by atoms with Gasteiger partial charge in [-0.1, -0.05) is 50.3 Å². The van der Waals surface area contributed by atoms with Crippen LogP contribution in [0.2, 0.25) is 0 Å². The van der Waals surface area contributed by atoms with Crippen LogP contribution in [0.4, 0.5) is 0 Å². The van der Waals surface area contributed by atoms with Crippen molar-refractivity contribution in [2.45, 2.75) is 19.8 Å². The SMILES string of the molecule is CC(C)c1ccc(/C=C/c2ccncc2C#N)cc1. The van der Waals surface area contributed by atoms with Gasteiger partial charge in [0.15, 0.2) is 0 Å². The minimum absolute atomic E-state index is 0.545. The van der Waals surface area contributed by atoms with Crippen molar-refractivity contribution in [1.29, 1.82) is 5.26 Å². The maximum absolute atomic E-state index is 8.99. The normalized spacial score (nSPS) is 10.8. The van der Waals surface area contributed by atoms with E-state index in [0.29, 0.717) is 11.5 Å². The first-order valence-electron chi connectivity index (χ1n) is 6.33. The van der Waals surface area contributed by atoms with E-state index in [4.69, 9.17) is 5.26 Å². The highest BCUT2D eigenvalue weighted by Crippen LogP contribution is 2.16. The van der Waals surface area contributed by atoms with Gasteiger partial charge in [-0.25, -0.2) is 0 Å². The summed E-state index contributed by atoms with van der Waals surface area (Å²) in [7, 11) is 0. The molecule has 0 atom stereocenters. The third-order valence-corrected chi connectivity index (χ3v) is 3.03. The van der Waals surface area contributed by atoms with Gasteiger partial charge in [-0.15, -0.1) is 0 Å². The van der Waals surface area contributed by atoms with Crippen molar-refractivity contribution in [2.24, 2.45) is 0 Å². The summed E-state index contributed by atoms with van der Waals surface area (Å²) >= 11 is 0. The van der Waals surface area contributed by atoms with Gasteiger partial charge in [0.1, 0.15) is 6.07 Å². The molecule has 0 radical (unpaired) electrons. The lowest BCUT2D eigenvalue weighted by atomic mass is 10.0. The van der Waals surface area contributed by atoms with Crippen LogP contribution in [0.15, 0.2) is 42.7 Å². The number of aromatic nitrogens is 1. The second-order valence-corrected chi connectivity index (χ2v) is 4.73. The fraction of sp³-hybridized carbons (Fsp3) is 0.176. The van der Waals surface area contributed by atoms with Crippen molar-refractivity contribution < 1.29 is 0 Å². The van der Waals surface area contributed by atoms with Crippen LogP contribution in [-0.4, -0.2) is 4.98 Å². The predicted octanol–water partition coefficient (Wildman–Crippen LogP) is 4.25. The Bertz CT molecular complexity index is 616. The summed E-state index contributed by atoms with van der Waals surface area (Å²) in [5.74, 6) is 0.545. The van der Waals surface area contributed by atoms with Gasteiger partial charge in [0.05, 0.1) is 5.56 Å². The molecule has 0 amide bonds. The Hall–Kier alpha value is -2.40. The second kappa shape index (κ2) is 5.97. The molecule has 0 unspecified atom stereocenters. The van der Waals surface area contributed by atoms with Crippen molar-refractivity contribution in [3.63, 3.8) is 0 Å². The highest BCUT2D eigenvalue weighted by atomic mass is 14.6. The van der Waals surface area contributed by atoms with E-state index in [9.17, 15) is 0 Å². The molecule has 0 N–H and O–H groups in total. The molecule has 0 saturated heterocycles. The monoisotopic (exact) mass is 248 g/mol. The van der Waals surface area contributed by atoms with Gasteiger partial charge in [0.25, 0.3) is 0 Å². The fourth-order valence-electron chi connectivity index (χ4n) is 1.82. The van der Waals surface area contributed by atoms with Gasteiger partial charge in [-0.2, -0.15) is 5.26 Å². The standard InChI is InChI=1S/C17H16N2/c1-13(2)15-6-3-14(4-7-15)5-8-16-9-10-19-12-17(16)11-18/h3-10,12-13H,1-2H3/b8-5+. The highest BCUT2D eigenvalue weighted by molar-refractivity contribution is 5.72. The van der Waals surface area contributed by atoms with Crippen LogP contribution in [0.5, 0.6) is 0 Å². The van der Waals surface area contributed by atoms with Gasteiger partial charge in [-0.05, 0) is 28.7 Å². The van der Waals surface area contributed by atoms with Crippen LogP contribution in [0, 0.1) is 11.3 Å². The number of nitriles is 1. The van der Waals surface area contributed by atoms with Crippen LogP contribution in [0.25, 0.3) is 12.2 Å². The summed E-state index contributed by atoms with van der Waals surface area (Å²) in [5, 5.41) is 8.99. The summed E-state index contributed by atoms with van der Waals surface area (Å²) in [4.78, 5) is 3.95. The summed E-state index contributed by atoms with van der Waals surface area (Å²) in [5.41, 5.74) is 3.95. The van der Waals surface area contributed by atoms with Crippen molar-refractivity contribution >= 4 is 12.2 Å². The van der Waals surface area contributed by atoms with E-state index >= 15 is 0 Å². The van der Waals surface area contributed by atoms with Gasteiger partial charge in [0, 0.05) is 12.4 Å². The Balaban J connectivity index is 2.21. The van der Waals surface area contributed by atoms with Crippen LogP contribution < -0.4 is 0 Å². The van der Waals surface area contributed by atoms with E-state index in [-0.39, 0.29) is 0 Å². The molecule has 1 aromatic heterocycles. The maximum Gasteiger partial charge on any atom is 0.101 e. The number of hydrogen-bond donors (Lipinski definition) is 0. The molecule has 0 aliphatic heterocycles. The molecule has 2 aromatic rings. The zero-order valence-electron chi connectivity index (χ0n) is 11.2. The number of nitrogens with zero attached hydrogens (tertiary/aromatic N) is 2. The van der Waals surface area contributed by atoms with Crippen LogP contribution in [-0.2, 0) is 0 Å². The molecular formula is C17H16N2. The topological polar surface area (TPSA) is 36.7 Å². The van der Waals surface area contributed by atoms with Gasteiger partial charge < -0.3 is 0 Å². The average molecular weight is 248 g/mol. The van der Waals surface area contributed by atoms with E-state index in [1.165, 1.54) is 5.56 Å². The van der Waals surface area contributed by atoms with Crippen LogP contribution in [0.3, 0.4) is 0 Å². The minimum atomic E-state index is 0.545. The molecule has 0 spiro atoms. The molecule has 0 aliphatic rings. The van der Waals surface area contributed by atoms with E-state index in [1.807, 2.05) is 18.2 Å². The third-order valence-electron chi connectivity index (χ3n) is 3.03. The number of pyridine rings is 1. The maximum atomic E-state index is 8.99. The predicted molar refractivity (Wildman–Crippen MR) is 78.4 cm³/mol. The molecule has 0 saturated carbocycles. The summed E-state index contributed by atoms with van der Waals surface area (Å²) in [6.07, 6.45) is 7.24. The molecule has 2 rings (SSSR count). The molecule has 19 heavy (non-hydrogen) atoms. The number of hydrogen-bond acceptors (Lipinski definition) is 2. The molecule has 2 nitrogen and oxygen atoms in total. The van der Waals surface area contributed by atoms with E-state index in [2.05, 4.69) is 49.2 Å². The third kappa shape index (κ3) is 3.29. The molecular weight excluding hydrogens is 232 g/mol. The number of benzene rings is 1.